The van der Waals surface area contributed by atoms with Crippen LogP contribution in [0.1, 0.15) is 17.2 Å². The number of carbonyl (C=O) groups is 1. The maximum Gasteiger partial charge on any atom is 0.257 e. The van der Waals surface area contributed by atoms with Crippen molar-refractivity contribution >= 4 is 11.6 Å². The molecule has 2 aromatic carbocycles. The van der Waals surface area contributed by atoms with E-state index in [0.29, 0.717) is 17.0 Å². The van der Waals surface area contributed by atoms with Gasteiger partial charge < -0.3 is 20.1 Å². The van der Waals surface area contributed by atoms with E-state index in [0.717, 1.165) is 13.0 Å². The van der Waals surface area contributed by atoms with E-state index in [1.54, 1.807) is 31.4 Å². The van der Waals surface area contributed by atoms with Gasteiger partial charge in [-0.1, -0.05) is 24.3 Å². The molecule has 0 radical (unpaired) electrons. The summed E-state index contributed by atoms with van der Waals surface area (Å²) in [5, 5.41) is 12.9. The van der Waals surface area contributed by atoms with E-state index >= 15 is 0 Å². The number of likely N-dealkylation sites (N-methyl/N-ethyl adjacent to an activating group) is 1. The number of aliphatic hydroxyl groups excluding tert-OH is 1. The number of carbonyl (C=O) groups excluding carboxylic acids is 1. The topological polar surface area (TPSA) is 61.8 Å². The van der Waals surface area contributed by atoms with E-state index < -0.39 is 12.0 Å². The van der Waals surface area contributed by atoms with E-state index in [4.69, 9.17) is 4.74 Å². The Balaban J connectivity index is 1.98. The summed E-state index contributed by atoms with van der Waals surface area (Å²) in [6.07, 6.45) is -0.290. The van der Waals surface area contributed by atoms with Crippen molar-refractivity contribution in [1.82, 2.24) is 4.90 Å². The Morgan fingerprint density at radius 2 is 1.92 bits per heavy atom. The molecule has 0 spiro atoms. The Kier molecular flexibility index (Phi) is 6.35. The molecular weight excluding hydrogens is 304 g/mol. The molecule has 2 aromatic rings. The predicted molar refractivity (Wildman–Crippen MR) is 95.3 cm³/mol. The van der Waals surface area contributed by atoms with Crippen molar-refractivity contribution in [3.8, 4) is 5.75 Å². The summed E-state index contributed by atoms with van der Waals surface area (Å²) < 4.78 is 5.11. The fourth-order valence-electron chi connectivity index (χ4n) is 2.28. The molecule has 24 heavy (non-hydrogen) atoms. The maximum atomic E-state index is 12.2. The quantitative estimate of drug-likeness (QED) is 0.820. The highest BCUT2D eigenvalue weighted by Gasteiger charge is 2.18. The van der Waals surface area contributed by atoms with Crippen molar-refractivity contribution in [1.29, 1.82) is 0 Å². The van der Waals surface area contributed by atoms with E-state index in [-0.39, 0.29) is 0 Å². The van der Waals surface area contributed by atoms with E-state index in [1.165, 1.54) is 5.56 Å². The first-order valence-corrected chi connectivity index (χ1v) is 7.86. The number of amides is 1. The number of anilines is 1. The minimum absolute atomic E-state index is 0.468. The van der Waals surface area contributed by atoms with Gasteiger partial charge in [0.2, 0.25) is 0 Å². The molecule has 0 aliphatic rings. The van der Waals surface area contributed by atoms with Gasteiger partial charge in [0.15, 0.2) is 6.10 Å². The highest BCUT2D eigenvalue weighted by Crippen LogP contribution is 2.21. The van der Waals surface area contributed by atoms with Crippen molar-refractivity contribution in [2.45, 2.75) is 12.5 Å². The fraction of sp³-hybridized carbons (Fsp3) is 0.316. The van der Waals surface area contributed by atoms with Gasteiger partial charge in [0, 0.05) is 12.2 Å². The fourth-order valence-corrected chi connectivity index (χ4v) is 2.28. The third kappa shape index (κ3) is 5.08. The van der Waals surface area contributed by atoms with Gasteiger partial charge in [0.25, 0.3) is 5.91 Å². The second-order valence-electron chi connectivity index (χ2n) is 5.92. The van der Waals surface area contributed by atoms with Crippen LogP contribution in [0.3, 0.4) is 0 Å². The van der Waals surface area contributed by atoms with Crippen molar-refractivity contribution in [2.24, 2.45) is 0 Å². The molecular formula is C19H24N2O3. The van der Waals surface area contributed by atoms with Crippen LogP contribution in [-0.4, -0.2) is 43.7 Å². The van der Waals surface area contributed by atoms with Crippen molar-refractivity contribution in [3.63, 3.8) is 0 Å². The van der Waals surface area contributed by atoms with Gasteiger partial charge in [0.1, 0.15) is 5.75 Å². The first-order chi connectivity index (χ1) is 11.5. The summed E-state index contributed by atoms with van der Waals surface area (Å²) in [6.45, 7) is 0.972. The highest BCUT2D eigenvalue weighted by molar-refractivity contribution is 5.94. The number of nitrogens with one attached hydrogen (secondary N) is 1. The Morgan fingerprint density at radius 1 is 1.21 bits per heavy atom. The SMILES string of the molecule is COc1cccc(C(O)C(=O)Nc2ccc(CCN(C)C)cc2)c1. The smallest absolute Gasteiger partial charge is 0.257 e. The molecule has 5 nitrogen and oxygen atoms in total. The number of benzene rings is 2. The first-order valence-electron chi connectivity index (χ1n) is 7.86. The van der Waals surface area contributed by atoms with Crippen molar-refractivity contribution in [3.05, 3.63) is 59.7 Å². The standard InChI is InChI=1S/C19H24N2O3/c1-21(2)12-11-14-7-9-16(10-8-14)20-19(23)18(22)15-5-4-6-17(13-15)24-3/h4-10,13,18,22H,11-12H2,1-3H3,(H,20,23). The Morgan fingerprint density at radius 3 is 2.54 bits per heavy atom. The lowest BCUT2D eigenvalue weighted by atomic mass is 10.1. The van der Waals surface area contributed by atoms with Crippen LogP contribution in [0.15, 0.2) is 48.5 Å². The number of nitrogens with zero attached hydrogens (tertiary/aromatic N) is 1. The third-order valence-electron chi connectivity index (χ3n) is 3.73. The summed E-state index contributed by atoms with van der Waals surface area (Å²) in [5.74, 6) is 0.133. The van der Waals surface area contributed by atoms with Crippen molar-refractivity contribution in [2.75, 3.05) is 33.1 Å². The van der Waals surface area contributed by atoms with Crippen LogP contribution in [0.2, 0.25) is 0 Å². The number of aliphatic hydroxyl groups is 1. The van der Waals surface area contributed by atoms with Crippen LogP contribution >= 0.6 is 0 Å². The zero-order valence-corrected chi connectivity index (χ0v) is 14.3. The van der Waals surface area contributed by atoms with Crippen LogP contribution in [0, 0.1) is 0 Å². The largest absolute Gasteiger partial charge is 0.497 e. The normalized spacial score (nSPS) is 12.0. The zero-order valence-electron chi connectivity index (χ0n) is 14.3. The van der Waals surface area contributed by atoms with Crippen LogP contribution in [-0.2, 0) is 11.2 Å². The molecule has 1 atom stereocenters. The molecule has 0 fully saturated rings. The van der Waals surface area contributed by atoms with E-state index in [2.05, 4.69) is 10.2 Å². The molecule has 0 saturated heterocycles. The number of hydrogen-bond acceptors (Lipinski definition) is 4. The van der Waals surface area contributed by atoms with Gasteiger partial charge in [0.05, 0.1) is 7.11 Å². The van der Waals surface area contributed by atoms with Gasteiger partial charge in [-0.15, -0.1) is 0 Å². The summed E-state index contributed by atoms with van der Waals surface area (Å²) in [5.41, 5.74) is 2.36. The lowest BCUT2D eigenvalue weighted by molar-refractivity contribution is -0.124. The number of ether oxygens (including phenoxy) is 1. The van der Waals surface area contributed by atoms with E-state index in [9.17, 15) is 9.90 Å². The zero-order chi connectivity index (χ0) is 17.5. The van der Waals surface area contributed by atoms with Crippen molar-refractivity contribution < 1.29 is 14.6 Å². The number of rotatable bonds is 7. The Labute approximate surface area is 142 Å². The molecule has 0 saturated carbocycles. The second-order valence-corrected chi connectivity index (χ2v) is 5.92. The summed E-state index contributed by atoms with van der Waals surface area (Å²) in [7, 11) is 5.62. The second kappa shape index (κ2) is 8.47. The molecule has 2 N–H and O–H groups in total. The molecule has 1 amide bonds. The summed E-state index contributed by atoms with van der Waals surface area (Å²) in [6, 6.07) is 14.5. The molecule has 5 heteroatoms. The lowest BCUT2D eigenvalue weighted by Crippen LogP contribution is -2.20. The van der Waals surface area contributed by atoms with Gasteiger partial charge in [-0.2, -0.15) is 0 Å². The molecule has 128 valence electrons. The maximum absolute atomic E-state index is 12.2. The van der Waals surface area contributed by atoms with Gasteiger partial charge >= 0.3 is 0 Å². The van der Waals surface area contributed by atoms with Crippen LogP contribution < -0.4 is 10.1 Å². The minimum Gasteiger partial charge on any atom is -0.497 e. The lowest BCUT2D eigenvalue weighted by Gasteiger charge is -2.13. The molecule has 2 rings (SSSR count). The molecule has 0 aromatic heterocycles. The van der Waals surface area contributed by atoms with Crippen LogP contribution in [0.4, 0.5) is 5.69 Å². The average molecular weight is 328 g/mol. The monoisotopic (exact) mass is 328 g/mol. The van der Waals surface area contributed by atoms with Gasteiger partial charge in [-0.3, -0.25) is 4.79 Å². The Bertz CT molecular complexity index is 669. The number of methoxy groups -OCH3 is 1. The van der Waals surface area contributed by atoms with E-state index in [1.807, 2.05) is 38.4 Å². The van der Waals surface area contributed by atoms with Gasteiger partial charge in [-0.25, -0.2) is 0 Å². The highest BCUT2D eigenvalue weighted by atomic mass is 16.5. The average Bonchev–Trinajstić information content (AvgIpc) is 2.60. The van der Waals surface area contributed by atoms with Gasteiger partial charge in [-0.05, 0) is 55.9 Å². The molecule has 0 aliphatic heterocycles. The third-order valence-corrected chi connectivity index (χ3v) is 3.73. The summed E-state index contributed by atoms with van der Waals surface area (Å²) in [4.78, 5) is 14.3. The van der Waals surface area contributed by atoms with Crippen LogP contribution in [0.5, 0.6) is 5.75 Å². The predicted octanol–water partition coefficient (Wildman–Crippen LogP) is 2.47. The minimum atomic E-state index is -1.24. The Hall–Kier alpha value is -2.37. The summed E-state index contributed by atoms with van der Waals surface area (Å²) >= 11 is 0. The first kappa shape index (κ1) is 18.0. The number of hydrogen-bond donors (Lipinski definition) is 2. The molecule has 0 aliphatic carbocycles. The molecule has 0 bridgehead atoms. The van der Waals surface area contributed by atoms with Crippen LogP contribution in [0.25, 0.3) is 0 Å². The molecule has 0 heterocycles. The molecule has 1 unspecified atom stereocenters.